The Bertz CT molecular complexity index is 1060. The number of hydrogen-bond donors (Lipinski definition) is 2. The lowest BCUT2D eigenvalue weighted by molar-refractivity contribution is -0.113. The molecule has 0 saturated heterocycles. The van der Waals surface area contributed by atoms with E-state index in [4.69, 9.17) is 31.7 Å². The topological polar surface area (TPSA) is 114 Å². The minimum Gasteiger partial charge on any atom is -0.497 e. The highest BCUT2D eigenvalue weighted by Gasteiger charge is 2.18. The molecular weight excluding hydrogens is 430 g/mol. The Kier molecular flexibility index (Phi) is 6.91. The van der Waals surface area contributed by atoms with E-state index in [1.54, 1.807) is 50.6 Å². The molecule has 0 spiro atoms. The lowest BCUT2D eigenvalue weighted by atomic mass is 10.2. The second-order valence-corrected chi connectivity index (χ2v) is 7.28. The van der Waals surface area contributed by atoms with Crippen LogP contribution in [0.5, 0.6) is 17.2 Å². The predicted molar refractivity (Wildman–Crippen MR) is 116 cm³/mol. The molecule has 11 heteroatoms. The summed E-state index contributed by atoms with van der Waals surface area (Å²) < 4.78 is 17.0. The number of halogens is 1. The number of carbonyl (C=O) groups is 1. The van der Waals surface area contributed by atoms with Crippen LogP contribution in [-0.4, -0.2) is 47.9 Å². The fourth-order valence-electron chi connectivity index (χ4n) is 2.61. The fraction of sp³-hybridized carbons (Fsp3) is 0.211. The lowest BCUT2D eigenvalue weighted by Gasteiger charge is -2.10. The van der Waals surface area contributed by atoms with Crippen molar-refractivity contribution in [3.8, 4) is 28.6 Å². The first-order valence-electron chi connectivity index (χ1n) is 8.66. The van der Waals surface area contributed by atoms with Crippen LogP contribution in [0.1, 0.15) is 0 Å². The van der Waals surface area contributed by atoms with Gasteiger partial charge in [0.05, 0.1) is 37.7 Å². The normalized spacial score (nSPS) is 10.5. The summed E-state index contributed by atoms with van der Waals surface area (Å²) in [5, 5.41) is 11.7. The van der Waals surface area contributed by atoms with Gasteiger partial charge < -0.3 is 25.4 Å². The lowest BCUT2D eigenvalue weighted by Crippen LogP contribution is -2.16. The number of benzene rings is 2. The van der Waals surface area contributed by atoms with Crippen LogP contribution in [0, 0.1) is 0 Å². The second-order valence-electron chi connectivity index (χ2n) is 5.93. The molecule has 0 aliphatic rings. The zero-order chi connectivity index (χ0) is 21.7. The zero-order valence-electron chi connectivity index (χ0n) is 16.5. The number of nitrogens with zero attached hydrogens (tertiary/aromatic N) is 3. The number of ether oxygens (including phenoxy) is 3. The third kappa shape index (κ3) is 4.71. The molecular formula is C19H20ClN5O4S. The molecule has 0 saturated carbocycles. The number of carbonyl (C=O) groups excluding carboxylic acids is 1. The van der Waals surface area contributed by atoms with E-state index in [0.29, 0.717) is 44.5 Å². The van der Waals surface area contributed by atoms with Crippen LogP contribution in [0.25, 0.3) is 11.4 Å². The molecule has 9 nitrogen and oxygen atoms in total. The molecule has 0 radical (unpaired) electrons. The second kappa shape index (κ2) is 9.59. The average molecular weight is 450 g/mol. The van der Waals surface area contributed by atoms with Crippen molar-refractivity contribution in [1.29, 1.82) is 0 Å². The van der Waals surface area contributed by atoms with Crippen molar-refractivity contribution in [2.24, 2.45) is 0 Å². The molecule has 0 unspecified atom stereocenters. The summed E-state index contributed by atoms with van der Waals surface area (Å²) in [5.41, 5.74) is 1.21. The highest BCUT2D eigenvalue weighted by atomic mass is 35.5. The van der Waals surface area contributed by atoms with E-state index in [0.717, 1.165) is 11.8 Å². The van der Waals surface area contributed by atoms with Gasteiger partial charge >= 0.3 is 0 Å². The average Bonchev–Trinajstić information content (AvgIpc) is 3.12. The molecule has 0 aliphatic heterocycles. The summed E-state index contributed by atoms with van der Waals surface area (Å²) in [6.45, 7) is 0. The first-order chi connectivity index (χ1) is 14.5. The monoisotopic (exact) mass is 449 g/mol. The van der Waals surface area contributed by atoms with Gasteiger partial charge in [-0.25, -0.2) is 4.68 Å². The summed E-state index contributed by atoms with van der Waals surface area (Å²) in [4.78, 5) is 12.3. The summed E-state index contributed by atoms with van der Waals surface area (Å²) in [7, 11) is 4.63. The van der Waals surface area contributed by atoms with Gasteiger partial charge in [-0.2, -0.15) is 0 Å². The molecule has 3 N–H and O–H groups in total. The van der Waals surface area contributed by atoms with Crippen LogP contribution < -0.4 is 25.4 Å². The van der Waals surface area contributed by atoms with E-state index in [1.807, 2.05) is 0 Å². The number of nitrogens with two attached hydrogens (primary N) is 1. The minimum absolute atomic E-state index is 0.0821. The molecule has 1 amide bonds. The van der Waals surface area contributed by atoms with Gasteiger partial charge in [0.2, 0.25) is 11.1 Å². The standard InChI is InChI=1S/C19H20ClN5O4S/c1-27-12-5-6-13(16(9-12)29-3)18-23-24-19(25(18)21)30-10-17(26)22-11-4-7-15(28-2)14(20)8-11/h4-9H,10,21H2,1-3H3,(H,22,26). The van der Waals surface area contributed by atoms with Gasteiger partial charge in [-0.1, -0.05) is 23.4 Å². The maximum absolute atomic E-state index is 12.3. The Morgan fingerprint density at radius 1 is 1.10 bits per heavy atom. The van der Waals surface area contributed by atoms with Crippen molar-refractivity contribution in [3.05, 3.63) is 41.4 Å². The Morgan fingerprint density at radius 3 is 2.53 bits per heavy atom. The Morgan fingerprint density at radius 2 is 1.87 bits per heavy atom. The van der Waals surface area contributed by atoms with Crippen molar-refractivity contribution < 1.29 is 19.0 Å². The highest BCUT2D eigenvalue weighted by molar-refractivity contribution is 7.99. The zero-order valence-corrected chi connectivity index (χ0v) is 18.1. The van der Waals surface area contributed by atoms with Gasteiger partial charge in [0.25, 0.3) is 0 Å². The van der Waals surface area contributed by atoms with Crippen molar-refractivity contribution in [1.82, 2.24) is 14.9 Å². The molecule has 3 aromatic rings. The van der Waals surface area contributed by atoms with Crippen molar-refractivity contribution in [3.63, 3.8) is 0 Å². The Hall–Kier alpha value is -3.11. The van der Waals surface area contributed by atoms with Crippen LogP contribution in [0.3, 0.4) is 0 Å². The van der Waals surface area contributed by atoms with Gasteiger partial charge in [-0.3, -0.25) is 4.79 Å². The summed E-state index contributed by atoms with van der Waals surface area (Å²) >= 11 is 7.23. The summed E-state index contributed by atoms with van der Waals surface area (Å²) in [6, 6.07) is 10.3. The summed E-state index contributed by atoms with van der Waals surface area (Å²) in [5.74, 6) is 8.10. The Labute approximate surface area is 182 Å². The van der Waals surface area contributed by atoms with Crippen molar-refractivity contribution >= 4 is 35.0 Å². The van der Waals surface area contributed by atoms with Gasteiger partial charge in [-0.15, -0.1) is 10.2 Å². The third-order valence-corrected chi connectivity index (χ3v) is 5.32. The fourth-order valence-corrected chi connectivity index (χ4v) is 3.53. The van der Waals surface area contributed by atoms with Crippen molar-refractivity contribution in [2.75, 3.05) is 38.2 Å². The SMILES string of the molecule is COc1ccc(-c2nnc(SCC(=O)Nc3ccc(OC)c(Cl)c3)n2N)c(OC)c1. The third-order valence-electron chi connectivity index (χ3n) is 4.08. The largest absolute Gasteiger partial charge is 0.497 e. The van der Waals surface area contributed by atoms with Crippen LogP contribution >= 0.6 is 23.4 Å². The number of nitrogens with one attached hydrogen (secondary N) is 1. The number of amides is 1. The van der Waals surface area contributed by atoms with Gasteiger partial charge in [0.15, 0.2) is 5.82 Å². The number of methoxy groups -OCH3 is 3. The van der Waals surface area contributed by atoms with Gasteiger partial charge in [0, 0.05) is 11.8 Å². The molecule has 3 rings (SSSR count). The molecule has 158 valence electrons. The maximum Gasteiger partial charge on any atom is 0.234 e. The molecule has 2 aromatic carbocycles. The molecule has 0 bridgehead atoms. The molecule has 0 atom stereocenters. The molecule has 1 heterocycles. The van der Waals surface area contributed by atoms with Crippen LogP contribution in [-0.2, 0) is 4.79 Å². The summed E-state index contributed by atoms with van der Waals surface area (Å²) in [6.07, 6.45) is 0. The van der Waals surface area contributed by atoms with Gasteiger partial charge in [-0.05, 0) is 30.3 Å². The van der Waals surface area contributed by atoms with E-state index < -0.39 is 0 Å². The first-order valence-corrected chi connectivity index (χ1v) is 10.0. The minimum atomic E-state index is -0.243. The van der Waals surface area contributed by atoms with Crippen LogP contribution in [0.15, 0.2) is 41.6 Å². The van der Waals surface area contributed by atoms with Crippen LogP contribution in [0.2, 0.25) is 5.02 Å². The number of rotatable bonds is 8. The first kappa shape index (κ1) is 21.6. The van der Waals surface area contributed by atoms with E-state index in [2.05, 4.69) is 15.5 Å². The van der Waals surface area contributed by atoms with E-state index in [9.17, 15) is 4.79 Å². The van der Waals surface area contributed by atoms with E-state index in [1.165, 1.54) is 11.8 Å². The van der Waals surface area contributed by atoms with E-state index in [-0.39, 0.29) is 11.7 Å². The number of aromatic nitrogens is 3. The Balaban J connectivity index is 1.68. The number of hydrogen-bond acceptors (Lipinski definition) is 8. The molecule has 30 heavy (non-hydrogen) atoms. The number of anilines is 1. The maximum atomic E-state index is 12.3. The number of nitrogen functional groups attached to an aromatic ring is 1. The smallest absolute Gasteiger partial charge is 0.234 e. The van der Waals surface area contributed by atoms with Gasteiger partial charge in [0.1, 0.15) is 17.2 Å². The highest BCUT2D eigenvalue weighted by Crippen LogP contribution is 2.33. The van der Waals surface area contributed by atoms with E-state index >= 15 is 0 Å². The molecule has 0 aliphatic carbocycles. The van der Waals surface area contributed by atoms with Crippen molar-refractivity contribution in [2.45, 2.75) is 5.16 Å². The predicted octanol–water partition coefficient (Wildman–Crippen LogP) is 3.07. The van der Waals surface area contributed by atoms with Crippen LogP contribution in [0.4, 0.5) is 5.69 Å². The quantitative estimate of drug-likeness (QED) is 0.398. The molecule has 0 fully saturated rings. The molecule has 1 aromatic heterocycles. The number of thioether (sulfide) groups is 1.